The van der Waals surface area contributed by atoms with Crippen LogP contribution in [0.15, 0.2) is 53.4 Å². The Kier molecular flexibility index (Phi) is 6.87. The second-order valence-electron chi connectivity index (χ2n) is 6.03. The van der Waals surface area contributed by atoms with Gasteiger partial charge in [0, 0.05) is 29.9 Å². The van der Waals surface area contributed by atoms with E-state index in [4.69, 9.17) is 0 Å². The number of Topliss-reactive ketones (excluding diaryl/α,β-unsaturated/α-hetero) is 2. The lowest BCUT2D eigenvalue weighted by atomic mass is 10.1. The lowest BCUT2D eigenvalue weighted by Crippen LogP contribution is -2.30. The molecule has 144 valence electrons. The Bertz CT molecular complexity index is 917. The van der Waals surface area contributed by atoms with Gasteiger partial charge in [0.15, 0.2) is 11.6 Å². The highest BCUT2D eigenvalue weighted by atomic mass is 32.2. The van der Waals surface area contributed by atoms with Crippen LogP contribution in [0.25, 0.3) is 0 Å². The second-order valence-corrected chi connectivity index (χ2v) is 7.97. The lowest BCUT2D eigenvalue weighted by molar-refractivity contribution is 0.100. The van der Waals surface area contributed by atoms with Crippen molar-refractivity contribution in [1.82, 2.24) is 4.31 Å². The molecular weight excluding hydrogens is 364 g/mol. The Morgan fingerprint density at radius 2 is 1.59 bits per heavy atom. The van der Waals surface area contributed by atoms with Crippen LogP contribution in [0.4, 0.5) is 5.69 Å². The zero-order valence-electron chi connectivity index (χ0n) is 15.7. The molecule has 0 atom stereocenters. The number of anilines is 1. The predicted molar refractivity (Wildman–Crippen MR) is 106 cm³/mol. The van der Waals surface area contributed by atoms with Crippen LogP contribution in [0.3, 0.4) is 0 Å². The number of hydrogen-bond donors (Lipinski definition) is 1. The Labute approximate surface area is 160 Å². The molecule has 27 heavy (non-hydrogen) atoms. The summed E-state index contributed by atoms with van der Waals surface area (Å²) in [7, 11) is -3.54. The molecule has 0 saturated carbocycles. The van der Waals surface area contributed by atoms with Crippen molar-refractivity contribution in [2.24, 2.45) is 0 Å². The summed E-state index contributed by atoms with van der Waals surface area (Å²) in [5, 5.41) is 2.99. The molecule has 0 aliphatic heterocycles. The van der Waals surface area contributed by atoms with Crippen LogP contribution < -0.4 is 5.32 Å². The van der Waals surface area contributed by atoms with Crippen LogP contribution >= 0.6 is 0 Å². The summed E-state index contributed by atoms with van der Waals surface area (Å²) in [5.41, 5.74) is 1.67. The van der Waals surface area contributed by atoms with Crippen molar-refractivity contribution in [3.8, 4) is 0 Å². The van der Waals surface area contributed by atoms with E-state index in [1.807, 2.05) is 0 Å². The number of nitrogens with zero attached hydrogens (tertiary/aromatic N) is 1. The first-order valence-electron chi connectivity index (χ1n) is 8.77. The molecule has 6 nitrogen and oxygen atoms in total. The summed E-state index contributed by atoms with van der Waals surface area (Å²) >= 11 is 0. The summed E-state index contributed by atoms with van der Waals surface area (Å²) in [4.78, 5) is 23.9. The molecule has 0 amide bonds. The molecule has 7 heteroatoms. The minimum Gasteiger partial charge on any atom is -0.378 e. The van der Waals surface area contributed by atoms with Crippen molar-refractivity contribution in [2.75, 3.05) is 25.0 Å². The Balaban J connectivity index is 2.08. The fourth-order valence-corrected chi connectivity index (χ4v) is 4.12. The molecular formula is C20H24N2O4S. The van der Waals surface area contributed by atoms with Gasteiger partial charge in [-0.25, -0.2) is 8.42 Å². The molecule has 1 N–H and O–H groups in total. The van der Waals surface area contributed by atoms with Gasteiger partial charge in [0.25, 0.3) is 0 Å². The maximum Gasteiger partial charge on any atom is 0.243 e. The Morgan fingerprint density at radius 3 is 2.15 bits per heavy atom. The average Bonchev–Trinajstić information content (AvgIpc) is 2.67. The van der Waals surface area contributed by atoms with Crippen molar-refractivity contribution < 1.29 is 18.0 Å². The van der Waals surface area contributed by atoms with Gasteiger partial charge in [0.05, 0.1) is 11.4 Å². The standard InChI is InChI=1S/C20H24N2O4S/c1-4-22(5-2)27(25,26)19-11-9-16(10-12-19)20(24)14-21-18-8-6-7-17(13-18)15(3)23/h6-13,21H,4-5,14H2,1-3H3. The monoisotopic (exact) mass is 388 g/mol. The highest BCUT2D eigenvalue weighted by molar-refractivity contribution is 7.89. The minimum absolute atomic E-state index is 0.0451. The zero-order chi connectivity index (χ0) is 20.0. The van der Waals surface area contributed by atoms with Crippen molar-refractivity contribution in [3.63, 3.8) is 0 Å². The molecule has 2 rings (SSSR count). The van der Waals surface area contributed by atoms with Gasteiger partial charge in [-0.1, -0.05) is 26.0 Å². The molecule has 0 bridgehead atoms. The van der Waals surface area contributed by atoms with Gasteiger partial charge in [-0.15, -0.1) is 0 Å². The summed E-state index contributed by atoms with van der Waals surface area (Å²) in [5.74, 6) is -0.218. The van der Waals surface area contributed by atoms with Crippen LogP contribution in [0.5, 0.6) is 0 Å². The van der Waals surface area contributed by atoms with Gasteiger partial charge in [0.1, 0.15) is 0 Å². The van der Waals surface area contributed by atoms with E-state index in [0.717, 1.165) is 0 Å². The van der Waals surface area contributed by atoms with Gasteiger partial charge in [-0.3, -0.25) is 9.59 Å². The maximum atomic E-state index is 12.5. The van der Waals surface area contributed by atoms with Crippen LogP contribution in [0.1, 0.15) is 41.5 Å². The number of hydrogen-bond acceptors (Lipinski definition) is 5. The maximum absolute atomic E-state index is 12.5. The normalized spacial score (nSPS) is 11.4. The fraction of sp³-hybridized carbons (Fsp3) is 0.300. The average molecular weight is 388 g/mol. The van der Waals surface area contributed by atoms with E-state index in [1.165, 1.54) is 35.5 Å². The number of sulfonamides is 1. The molecule has 0 saturated heterocycles. The highest BCUT2D eigenvalue weighted by Gasteiger charge is 2.21. The third-order valence-electron chi connectivity index (χ3n) is 4.24. The predicted octanol–water partition coefficient (Wildman–Crippen LogP) is 3.21. The fourth-order valence-electron chi connectivity index (χ4n) is 2.66. The van der Waals surface area contributed by atoms with Crippen LogP contribution in [-0.4, -0.2) is 43.9 Å². The molecule has 0 aliphatic carbocycles. The zero-order valence-corrected chi connectivity index (χ0v) is 16.5. The highest BCUT2D eigenvalue weighted by Crippen LogP contribution is 2.17. The van der Waals surface area contributed by atoms with E-state index in [0.29, 0.717) is 29.9 Å². The number of carbonyl (C=O) groups is 2. The third kappa shape index (κ3) is 5.02. The van der Waals surface area contributed by atoms with Gasteiger partial charge in [-0.05, 0) is 43.3 Å². The van der Waals surface area contributed by atoms with Gasteiger partial charge < -0.3 is 5.32 Å². The smallest absolute Gasteiger partial charge is 0.243 e. The number of rotatable bonds is 9. The molecule has 0 aromatic heterocycles. The van der Waals surface area contributed by atoms with Gasteiger partial charge in [-0.2, -0.15) is 4.31 Å². The van der Waals surface area contributed by atoms with Crippen molar-refractivity contribution in [3.05, 3.63) is 59.7 Å². The number of ketones is 2. The first-order valence-corrected chi connectivity index (χ1v) is 10.2. The van der Waals surface area contributed by atoms with Crippen molar-refractivity contribution in [2.45, 2.75) is 25.7 Å². The van der Waals surface area contributed by atoms with Crippen molar-refractivity contribution >= 4 is 27.3 Å². The van der Waals surface area contributed by atoms with Crippen molar-refractivity contribution in [1.29, 1.82) is 0 Å². The number of benzene rings is 2. The molecule has 0 fully saturated rings. The van der Waals surface area contributed by atoms with Gasteiger partial charge in [0.2, 0.25) is 10.0 Å². The topological polar surface area (TPSA) is 83.6 Å². The quantitative estimate of drug-likeness (QED) is 0.667. The molecule has 2 aromatic carbocycles. The largest absolute Gasteiger partial charge is 0.378 e. The first-order chi connectivity index (χ1) is 12.8. The SMILES string of the molecule is CCN(CC)S(=O)(=O)c1ccc(C(=O)CNc2cccc(C(C)=O)c2)cc1. The Hall–Kier alpha value is -2.51. The van der Waals surface area contributed by atoms with E-state index in [2.05, 4.69) is 5.32 Å². The summed E-state index contributed by atoms with van der Waals surface area (Å²) in [6.07, 6.45) is 0. The summed E-state index contributed by atoms with van der Waals surface area (Å²) in [6, 6.07) is 12.9. The third-order valence-corrected chi connectivity index (χ3v) is 6.31. The Morgan fingerprint density at radius 1 is 0.963 bits per heavy atom. The molecule has 0 radical (unpaired) electrons. The van der Waals surface area contributed by atoms with E-state index in [1.54, 1.807) is 38.1 Å². The van der Waals surface area contributed by atoms with E-state index in [9.17, 15) is 18.0 Å². The van der Waals surface area contributed by atoms with Crippen LogP contribution in [0.2, 0.25) is 0 Å². The molecule has 0 unspecified atom stereocenters. The second kappa shape index (κ2) is 8.92. The molecule has 0 aliphatic rings. The first kappa shape index (κ1) is 20.8. The van der Waals surface area contributed by atoms with Gasteiger partial charge >= 0.3 is 0 Å². The van der Waals surface area contributed by atoms with E-state index >= 15 is 0 Å². The molecule has 2 aromatic rings. The van der Waals surface area contributed by atoms with E-state index in [-0.39, 0.29) is 23.0 Å². The van der Waals surface area contributed by atoms with E-state index < -0.39 is 10.0 Å². The number of nitrogens with one attached hydrogen (secondary N) is 1. The minimum atomic E-state index is -3.54. The van der Waals surface area contributed by atoms with Crippen LogP contribution in [0, 0.1) is 0 Å². The molecule has 0 heterocycles. The summed E-state index contributed by atoms with van der Waals surface area (Å²) in [6.45, 7) is 5.88. The van der Waals surface area contributed by atoms with Crippen LogP contribution in [-0.2, 0) is 10.0 Å². The number of carbonyl (C=O) groups excluding carboxylic acids is 2. The molecule has 0 spiro atoms. The summed E-state index contributed by atoms with van der Waals surface area (Å²) < 4.78 is 26.3. The lowest BCUT2D eigenvalue weighted by Gasteiger charge is -2.18.